The number of hydrogen-bond acceptors (Lipinski definition) is 2. The van der Waals surface area contributed by atoms with Crippen LogP contribution in [-0.2, 0) is 6.42 Å². The van der Waals surface area contributed by atoms with Crippen molar-refractivity contribution in [3.05, 3.63) is 28.5 Å². The maximum absolute atomic E-state index is 4.40. The SMILES string of the molecule is CCNCC(C)(C)Cc1ccc(Br)cn1. The van der Waals surface area contributed by atoms with Crippen molar-refractivity contribution in [2.45, 2.75) is 27.2 Å². The summed E-state index contributed by atoms with van der Waals surface area (Å²) < 4.78 is 1.04. The molecule has 0 saturated carbocycles. The van der Waals surface area contributed by atoms with E-state index in [9.17, 15) is 0 Å². The topological polar surface area (TPSA) is 24.9 Å². The van der Waals surface area contributed by atoms with Gasteiger partial charge in [-0.1, -0.05) is 20.8 Å². The van der Waals surface area contributed by atoms with Crippen molar-refractivity contribution in [2.75, 3.05) is 13.1 Å². The minimum Gasteiger partial charge on any atom is -0.316 e. The number of nitrogens with one attached hydrogen (secondary N) is 1. The van der Waals surface area contributed by atoms with E-state index in [1.54, 1.807) is 0 Å². The second-order valence-corrected chi connectivity index (χ2v) is 5.50. The van der Waals surface area contributed by atoms with Crippen LogP contribution in [0.5, 0.6) is 0 Å². The maximum Gasteiger partial charge on any atom is 0.0413 e. The third-order valence-corrected chi connectivity index (χ3v) is 2.77. The zero-order chi connectivity index (χ0) is 11.3. The second-order valence-electron chi connectivity index (χ2n) is 4.59. The molecule has 0 unspecified atom stereocenters. The summed E-state index contributed by atoms with van der Waals surface area (Å²) in [6.07, 6.45) is 2.87. The average Bonchev–Trinajstić information content (AvgIpc) is 2.18. The van der Waals surface area contributed by atoms with Crippen LogP contribution in [0.3, 0.4) is 0 Å². The van der Waals surface area contributed by atoms with Crippen molar-refractivity contribution < 1.29 is 0 Å². The zero-order valence-electron chi connectivity index (χ0n) is 9.68. The summed E-state index contributed by atoms with van der Waals surface area (Å²) in [5.74, 6) is 0. The van der Waals surface area contributed by atoms with Gasteiger partial charge in [-0.05, 0) is 46.4 Å². The molecule has 0 aliphatic heterocycles. The standard InChI is InChI=1S/C12H19BrN2/c1-4-14-9-12(2,3)7-11-6-5-10(13)8-15-11/h5-6,8,14H,4,7,9H2,1-3H3. The van der Waals surface area contributed by atoms with Crippen LogP contribution < -0.4 is 5.32 Å². The van der Waals surface area contributed by atoms with Crippen LogP contribution in [0.2, 0.25) is 0 Å². The molecule has 3 heteroatoms. The molecular weight excluding hydrogens is 252 g/mol. The Kier molecular flexibility index (Phi) is 4.74. The molecule has 0 spiro atoms. The van der Waals surface area contributed by atoms with E-state index in [1.807, 2.05) is 12.3 Å². The van der Waals surface area contributed by atoms with E-state index in [1.165, 1.54) is 0 Å². The summed E-state index contributed by atoms with van der Waals surface area (Å²) in [4.78, 5) is 4.40. The molecule has 0 aliphatic rings. The highest BCUT2D eigenvalue weighted by molar-refractivity contribution is 9.10. The van der Waals surface area contributed by atoms with Crippen molar-refractivity contribution in [3.8, 4) is 0 Å². The number of nitrogens with zero attached hydrogens (tertiary/aromatic N) is 1. The monoisotopic (exact) mass is 270 g/mol. The van der Waals surface area contributed by atoms with Crippen molar-refractivity contribution in [3.63, 3.8) is 0 Å². The molecule has 1 aromatic heterocycles. The van der Waals surface area contributed by atoms with Crippen LogP contribution in [0, 0.1) is 5.41 Å². The molecule has 0 fully saturated rings. The summed E-state index contributed by atoms with van der Waals surface area (Å²) in [5, 5.41) is 3.38. The summed E-state index contributed by atoms with van der Waals surface area (Å²) >= 11 is 3.39. The van der Waals surface area contributed by atoms with Crippen LogP contribution in [0.1, 0.15) is 26.5 Å². The minimum atomic E-state index is 0.261. The van der Waals surface area contributed by atoms with Gasteiger partial charge in [0.2, 0.25) is 0 Å². The van der Waals surface area contributed by atoms with Gasteiger partial charge < -0.3 is 5.32 Å². The first-order chi connectivity index (χ1) is 7.03. The Balaban J connectivity index is 2.56. The molecule has 1 N–H and O–H groups in total. The van der Waals surface area contributed by atoms with E-state index in [0.717, 1.165) is 29.7 Å². The summed E-state index contributed by atoms with van der Waals surface area (Å²) in [7, 11) is 0. The van der Waals surface area contributed by atoms with E-state index in [4.69, 9.17) is 0 Å². The predicted octanol–water partition coefficient (Wildman–Crippen LogP) is 3.02. The first-order valence-electron chi connectivity index (χ1n) is 5.35. The molecule has 1 aromatic rings. The Morgan fingerprint density at radius 2 is 2.13 bits per heavy atom. The number of hydrogen-bond donors (Lipinski definition) is 1. The van der Waals surface area contributed by atoms with Crippen molar-refractivity contribution in [1.82, 2.24) is 10.3 Å². The van der Waals surface area contributed by atoms with Gasteiger partial charge >= 0.3 is 0 Å². The van der Waals surface area contributed by atoms with Gasteiger partial charge in [-0.25, -0.2) is 0 Å². The predicted molar refractivity (Wildman–Crippen MR) is 68.0 cm³/mol. The van der Waals surface area contributed by atoms with E-state index in [0.29, 0.717) is 0 Å². The minimum absolute atomic E-state index is 0.261. The Bertz CT molecular complexity index is 293. The van der Waals surface area contributed by atoms with E-state index in [2.05, 4.69) is 53.1 Å². The van der Waals surface area contributed by atoms with Crippen LogP contribution >= 0.6 is 15.9 Å². The normalized spacial score (nSPS) is 11.7. The van der Waals surface area contributed by atoms with Crippen LogP contribution in [0.15, 0.2) is 22.8 Å². The number of rotatable bonds is 5. The van der Waals surface area contributed by atoms with Gasteiger partial charge in [0.25, 0.3) is 0 Å². The highest BCUT2D eigenvalue weighted by atomic mass is 79.9. The van der Waals surface area contributed by atoms with E-state index >= 15 is 0 Å². The molecule has 0 amide bonds. The van der Waals surface area contributed by atoms with Crippen molar-refractivity contribution in [1.29, 1.82) is 0 Å². The summed E-state index contributed by atoms with van der Waals surface area (Å²) in [6.45, 7) is 8.71. The quantitative estimate of drug-likeness (QED) is 0.890. The van der Waals surface area contributed by atoms with Crippen molar-refractivity contribution in [2.24, 2.45) is 5.41 Å². The fraction of sp³-hybridized carbons (Fsp3) is 0.583. The smallest absolute Gasteiger partial charge is 0.0413 e. The first-order valence-corrected chi connectivity index (χ1v) is 6.14. The lowest BCUT2D eigenvalue weighted by atomic mass is 9.87. The highest BCUT2D eigenvalue weighted by Crippen LogP contribution is 2.20. The van der Waals surface area contributed by atoms with Crippen LogP contribution in [-0.4, -0.2) is 18.1 Å². The lowest BCUT2D eigenvalue weighted by Gasteiger charge is -2.24. The average molecular weight is 271 g/mol. The van der Waals surface area contributed by atoms with Gasteiger partial charge in [-0.3, -0.25) is 4.98 Å². The first kappa shape index (κ1) is 12.7. The second kappa shape index (κ2) is 5.61. The molecule has 2 nitrogen and oxygen atoms in total. The van der Waals surface area contributed by atoms with Gasteiger partial charge in [-0.15, -0.1) is 0 Å². The Morgan fingerprint density at radius 3 is 2.67 bits per heavy atom. The third-order valence-electron chi connectivity index (χ3n) is 2.30. The van der Waals surface area contributed by atoms with Crippen LogP contribution in [0.4, 0.5) is 0 Å². The molecule has 84 valence electrons. The molecule has 0 radical (unpaired) electrons. The summed E-state index contributed by atoms with van der Waals surface area (Å²) in [5.41, 5.74) is 1.41. The fourth-order valence-corrected chi connectivity index (χ4v) is 1.76. The lowest BCUT2D eigenvalue weighted by molar-refractivity contribution is 0.338. The Labute approximate surface area is 101 Å². The third kappa shape index (κ3) is 4.76. The molecule has 1 heterocycles. The molecule has 0 aliphatic carbocycles. The largest absolute Gasteiger partial charge is 0.316 e. The summed E-state index contributed by atoms with van der Waals surface area (Å²) in [6, 6.07) is 4.13. The highest BCUT2D eigenvalue weighted by Gasteiger charge is 2.18. The van der Waals surface area contributed by atoms with Crippen LogP contribution in [0.25, 0.3) is 0 Å². The Morgan fingerprint density at radius 1 is 1.40 bits per heavy atom. The van der Waals surface area contributed by atoms with Crippen molar-refractivity contribution >= 4 is 15.9 Å². The molecule has 1 rings (SSSR count). The number of aromatic nitrogens is 1. The zero-order valence-corrected chi connectivity index (χ0v) is 11.3. The molecule has 0 atom stereocenters. The van der Waals surface area contributed by atoms with Gasteiger partial charge in [0.15, 0.2) is 0 Å². The van der Waals surface area contributed by atoms with Gasteiger partial charge in [0.05, 0.1) is 0 Å². The maximum atomic E-state index is 4.40. The molecule has 0 aromatic carbocycles. The number of halogens is 1. The fourth-order valence-electron chi connectivity index (χ4n) is 1.53. The van der Waals surface area contributed by atoms with Gasteiger partial charge in [0, 0.05) is 22.9 Å². The lowest BCUT2D eigenvalue weighted by Crippen LogP contribution is -2.31. The molecule has 0 saturated heterocycles. The van der Waals surface area contributed by atoms with Gasteiger partial charge in [-0.2, -0.15) is 0 Å². The van der Waals surface area contributed by atoms with Gasteiger partial charge in [0.1, 0.15) is 0 Å². The number of pyridine rings is 1. The molecule has 0 bridgehead atoms. The van der Waals surface area contributed by atoms with E-state index in [-0.39, 0.29) is 5.41 Å². The molecule has 15 heavy (non-hydrogen) atoms. The van der Waals surface area contributed by atoms with E-state index < -0.39 is 0 Å². The Hall–Kier alpha value is -0.410. The molecular formula is C12H19BrN2.